The molecule has 2 rings (SSSR count). The average Bonchev–Trinajstić information content (AvgIpc) is 2.38. The summed E-state index contributed by atoms with van der Waals surface area (Å²) in [5.41, 5.74) is 1.07. The molecule has 104 valence electrons. The van der Waals surface area contributed by atoms with Crippen molar-refractivity contribution in [3.63, 3.8) is 0 Å². The second kappa shape index (κ2) is 5.83. The Labute approximate surface area is 115 Å². The Morgan fingerprint density at radius 2 is 2.32 bits per heavy atom. The summed E-state index contributed by atoms with van der Waals surface area (Å²) in [4.78, 5) is 17.0. The third-order valence-electron chi connectivity index (χ3n) is 3.93. The van der Waals surface area contributed by atoms with Gasteiger partial charge in [-0.3, -0.25) is 9.78 Å². The fourth-order valence-corrected chi connectivity index (χ4v) is 3.12. The number of rotatable bonds is 4. The Balaban J connectivity index is 2.30. The number of carbonyl (C=O) groups excluding carboxylic acids is 1. The van der Waals surface area contributed by atoms with E-state index in [0.717, 1.165) is 24.8 Å². The van der Waals surface area contributed by atoms with E-state index < -0.39 is 5.60 Å². The predicted octanol–water partition coefficient (Wildman–Crippen LogP) is 3.56. The Morgan fingerprint density at radius 3 is 2.95 bits per heavy atom. The minimum atomic E-state index is -0.623. The lowest BCUT2D eigenvalue weighted by Gasteiger charge is -2.38. The van der Waals surface area contributed by atoms with Crippen molar-refractivity contribution in [1.29, 1.82) is 0 Å². The minimum Gasteiger partial charge on any atom is -0.367 e. The molecule has 1 heterocycles. The zero-order valence-corrected chi connectivity index (χ0v) is 12.1. The van der Waals surface area contributed by atoms with Crippen LogP contribution in [0.3, 0.4) is 0 Å². The van der Waals surface area contributed by atoms with Crippen LogP contribution in [0.15, 0.2) is 18.5 Å². The van der Waals surface area contributed by atoms with Gasteiger partial charge in [-0.05, 0) is 50.7 Å². The summed E-state index contributed by atoms with van der Waals surface area (Å²) in [6.07, 6.45) is 7.34. The molecule has 1 aromatic rings. The predicted molar refractivity (Wildman–Crippen MR) is 75.3 cm³/mol. The first-order chi connectivity index (χ1) is 9.07. The first-order valence-electron chi connectivity index (χ1n) is 7.18. The highest BCUT2D eigenvalue weighted by atomic mass is 16.5. The minimum absolute atomic E-state index is 0.108. The number of Topliss-reactive ketones (excluding diaryl/α,β-unsaturated/α-hetero) is 1. The van der Waals surface area contributed by atoms with Gasteiger partial charge >= 0.3 is 0 Å². The number of aromatic nitrogens is 1. The van der Waals surface area contributed by atoms with Crippen LogP contribution in [-0.4, -0.2) is 23.0 Å². The Hall–Kier alpha value is -1.22. The van der Waals surface area contributed by atoms with Crippen molar-refractivity contribution in [3.05, 3.63) is 29.6 Å². The first kappa shape index (κ1) is 14.2. The van der Waals surface area contributed by atoms with Gasteiger partial charge in [0.1, 0.15) is 5.60 Å². The lowest BCUT2D eigenvalue weighted by atomic mass is 9.75. The van der Waals surface area contributed by atoms with Crippen molar-refractivity contribution in [1.82, 2.24) is 4.98 Å². The lowest BCUT2D eigenvalue weighted by molar-refractivity contribution is -0.0511. The Bertz CT molecular complexity index is 454. The van der Waals surface area contributed by atoms with Crippen LogP contribution in [0.4, 0.5) is 0 Å². The third kappa shape index (κ3) is 3.03. The molecule has 0 radical (unpaired) electrons. The number of hydrogen-bond donors (Lipinski definition) is 0. The highest BCUT2D eigenvalue weighted by Crippen LogP contribution is 2.37. The van der Waals surface area contributed by atoms with Gasteiger partial charge in [-0.2, -0.15) is 0 Å². The summed E-state index contributed by atoms with van der Waals surface area (Å²) < 4.78 is 5.92. The van der Waals surface area contributed by atoms with Crippen molar-refractivity contribution < 1.29 is 9.53 Å². The SMILES string of the molecule is CCOC1(C(=O)c2cncc(C)c2)CCCC(C)C1. The largest absolute Gasteiger partial charge is 0.367 e. The molecule has 0 saturated heterocycles. The van der Waals surface area contributed by atoms with Crippen LogP contribution in [0.25, 0.3) is 0 Å². The summed E-state index contributed by atoms with van der Waals surface area (Å²) in [5, 5.41) is 0. The van der Waals surface area contributed by atoms with Crippen LogP contribution in [0.1, 0.15) is 55.5 Å². The molecule has 3 heteroatoms. The molecule has 0 N–H and O–H groups in total. The molecule has 1 aliphatic carbocycles. The standard InChI is InChI=1S/C16H23NO2/c1-4-19-16(7-5-6-12(2)9-16)15(18)14-8-13(3)10-17-11-14/h8,10-12H,4-7,9H2,1-3H3. The highest BCUT2D eigenvalue weighted by molar-refractivity contribution is 6.02. The Kier molecular flexibility index (Phi) is 4.35. The van der Waals surface area contributed by atoms with E-state index in [0.29, 0.717) is 18.1 Å². The molecule has 2 unspecified atom stereocenters. The highest BCUT2D eigenvalue weighted by Gasteiger charge is 2.42. The molecule has 1 aliphatic rings. The van der Waals surface area contributed by atoms with Gasteiger partial charge in [-0.1, -0.05) is 13.3 Å². The zero-order valence-electron chi connectivity index (χ0n) is 12.1. The van der Waals surface area contributed by atoms with E-state index in [4.69, 9.17) is 4.74 Å². The normalized spacial score (nSPS) is 27.2. The van der Waals surface area contributed by atoms with Crippen molar-refractivity contribution in [2.24, 2.45) is 5.92 Å². The number of aryl methyl sites for hydroxylation is 1. The molecule has 0 aromatic carbocycles. The maximum absolute atomic E-state index is 12.8. The molecule has 2 atom stereocenters. The molecular weight excluding hydrogens is 238 g/mol. The first-order valence-corrected chi connectivity index (χ1v) is 7.18. The van der Waals surface area contributed by atoms with E-state index in [1.807, 2.05) is 19.9 Å². The molecule has 1 aromatic heterocycles. The second-order valence-corrected chi connectivity index (χ2v) is 5.71. The second-order valence-electron chi connectivity index (χ2n) is 5.71. The van der Waals surface area contributed by atoms with Crippen LogP contribution in [-0.2, 0) is 4.74 Å². The van der Waals surface area contributed by atoms with Gasteiger partial charge in [-0.25, -0.2) is 0 Å². The molecule has 0 bridgehead atoms. The smallest absolute Gasteiger partial charge is 0.196 e. The molecule has 1 saturated carbocycles. The van der Waals surface area contributed by atoms with Crippen molar-refractivity contribution in [2.75, 3.05) is 6.61 Å². The summed E-state index contributed by atoms with van der Waals surface area (Å²) in [6.45, 7) is 6.70. The van der Waals surface area contributed by atoms with Crippen LogP contribution < -0.4 is 0 Å². The number of ether oxygens (including phenoxy) is 1. The van der Waals surface area contributed by atoms with Crippen LogP contribution in [0, 0.1) is 12.8 Å². The average molecular weight is 261 g/mol. The number of pyridine rings is 1. The van der Waals surface area contributed by atoms with E-state index in [-0.39, 0.29) is 5.78 Å². The summed E-state index contributed by atoms with van der Waals surface area (Å²) in [6, 6.07) is 1.91. The Morgan fingerprint density at radius 1 is 1.53 bits per heavy atom. The van der Waals surface area contributed by atoms with Gasteiger partial charge in [0.25, 0.3) is 0 Å². The number of hydrogen-bond acceptors (Lipinski definition) is 3. The molecule has 0 amide bonds. The molecule has 19 heavy (non-hydrogen) atoms. The molecule has 3 nitrogen and oxygen atoms in total. The third-order valence-corrected chi connectivity index (χ3v) is 3.93. The van der Waals surface area contributed by atoms with Gasteiger partial charge in [0.05, 0.1) is 0 Å². The van der Waals surface area contributed by atoms with E-state index in [1.54, 1.807) is 12.4 Å². The van der Waals surface area contributed by atoms with Crippen molar-refractivity contribution >= 4 is 5.78 Å². The van der Waals surface area contributed by atoms with Crippen LogP contribution in [0.2, 0.25) is 0 Å². The monoisotopic (exact) mass is 261 g/mol. The fourth-order valence-electron chi connectivity index (χ4n) is 3.12. The maximum atomic E-state index is 12.8. The quantitative estimate of drug-likeness (QED) is 0.778. The summed E-state index contributed by atoms with van der Waals surface area (Å²) >= 11 is 0. The number of ketones is 1. The van der Waals surface area contributed by atoms with Gasteiger partial charge in [0.2, 0.25) is 0 Å². The van der Waals surface area contributed by atoms with E-state index in [2.05, 4.69) is 11.9 Å². The molecule has 1 fully saturated rings. The van der Waals surface area contributed by atoms with Gasteiger partial charge < -0.3 is 4.74 Å². The van der Waals surface area contributed by atoms with Gasteiger partial charge in [-0.15, -0.1) is 0 Å². The van der Waals surface area contributed by atoms with Crippen molar-refractivity contribution in [3.8, 4) is 0 Å². The van der Waals surface area contributed by atoms with E-state index in [9.17, 15) is 4.79 Å². The molecular formula is C16H23NO2. The summed E-state index contributed by atoms with van der Waals surface area (Å²) in [7, 11) is 0. The van der Waals surface area contributed by atoms with Gasteiger partial charge in [0.15, 0.2) is 5.78 Å². The molecule has 0 spiro atoms. The fraction of sp³-hybridized carbons (Fsp3) is 0.625. The van der Waals surface area contributed by atoms with Crippen LogP contribution in [0.5, 0.6) is 0 Å². The van der Waals surface area contributed by atoms with Gasteiger partial charge in [0, 0.05) is 24.6 Å². The topological polar surface area (TPSA) is 39.2 Å². The summed E-state index contributed by atoms with van der Waals surface area (Å²) in [5.74, 6) is 0.652. The number of carbonyl (C=O) groups is 1. The maximum Gasteiger partial charge on any atom is 0.196 e. The lowest BCUT2D eigenvalue weighted by Crippen LogP contribution is -2.45. The zero-order chi connectivity index (χ0) is 13.9. The van der Waals surface area contributed by atoms with E-state index >= 15 is 0 Å². The number of nitrogens with zero attached hydrogens (tertiary/aromatic N) is 1. The molecule has 0 aliphatic heterocycles. The van der Waals surface area contributed by atoms with Crippen LogP contribution >= 0.6 is 0 Å². The van der Waals surface area contributed by atoms with Crippen molar-refractivity contribution in [2.45, 2.75) is 52.1 Å². The van der Waals surface area contributed by atoms with E-state index in [1.165, 1.54) is 6.42 Å².